The van der Waals surface area contributed by atoms with Crippen LogP contribution in [0.25, 0.3) is 0 Å². The van der Waals surface area contributed by atoms with Gasteiger partial charge in [-0.25, -0.2) is 4.39 Å². The van der Waals surface area contributed by atoms with Gasteiger partial charge in [0.05, 0.1) is 50.3 Å². The van der Waals surface area contributed by atoms with Crippen LogP contribution >= 0.6 is 11.3 Å². The molecule has 27 heavy (non-hydrogen) atoms. The van der Waals surface area contributed by atoms with Gasteiger partial charge in [0.15, 0.2) is 0 Å². The minimum atomic E-state index is -0.277. The molecule has 0 bridgehead atoms. The van der Waals surface area contributed by atoms with Crippen molar-refractivity contribution in [3.05, 3.63) is 52.0 Å². The molecule has 3 rings (SSSR count). The van der Waals surface area contributed by atoms with Crippen LogP contribution in [-0.2, 0) is 11.3 Å². The third-order valence-electron chi connectivity index (χ3n) is 4.65. The Balaban J connectivity index is 1.46. The van der Waals surface area contributed by atoms with Gasteiger partial charge in [-0.05, 0) is 29.6 Å². The number of carbonyl (C=O) groups is 2. The van der Waals surface area contributed by atoms with E-state index < -0.39 is 0 Å². The number of amides is 2. The van der Waals surface area contributed by atoms with Crippen LogP contribution in [0.1, 0.15) is 15.2 Å². The number of methoxy groups -OCH3 is 1. The van der Waals surface area contributed by atoms with Crippen molar-refractivity contribution >= 4 is 23.2 Å². The Bertz CT molecular complexity index is 790. The molecule has 1 aromatic heterocycles. The number of quaternary nitrogens is 1. The molecule has 2 heterocycles. The van der Waals surface area contributed by atoms with E-state index in [9.17, 15) is 14.0 Å². The number of carbonyl (C=O) groups excluding carboxylic acids is 2. The first-order valence-electron chi connectivity index (χ1n) is 8.82. The molecule has 1 aliphatic heterocycles. The van der Waals surface area contributed by atoms with Gasteiger partial charge in [0.1, 0.15) is 18.1 Å². The summed E-state index contributed by atoms with van der Waals surface area (Å²) in [5.41, 5.74) is 0.829. The van der Waals surface area contributed by atoms with E-state index >= 15 is 0 Å². The Morgan fingerprint density at radius 2 is 2.07 bits per heavy atom. The van der Waals surface area contributed by atoms with Crippen LogP contribution < -0.4 is 15.0 Å². The molecular formula is C19H23FN3O3S+. The molecule has 1 aliphatic rings. The molecule has 2 aromatic rings. The van der Waals surface area contributed by atoms with E-state index in [1.165, 1.54) is 28.4 Å². The van der Waals surface area contributed by atoms with Gasteiger partial charge >= 0.3 is 0 Å². The number of nitrogens with one attached hydrogen (secondary N) is 2. The van der Waals surface area contributed by atoms with Crippen LogP contribution in [0.5, 0.6) is 5.75 Å². The van der Waals surface area contributed by atoms with Crippen molar-refractivity contribution in [2.75, 3.05) is 39.8 Å². The van der Waals surface area contributed by atoms with E-state index in [1.807, 2.05) is 5.38 Å². The standard InChI is InChI=1S/C19H22FN3O3S/c1-26-16-5-4-15(20)11-14(16)13-22-6-8-23(9-7-22)18(24)12-21-19(25)17-3-2-10-27-17/h2-5,10-11H,6-9,12-13H2,1H3,(H,21,25)/p+1. The summed E-state index contributed by atoms with van der Waals surface area (Å²) in [4.78, 5) is 27.9. The molecular weight excluding hydrogens is 369 g/mol. The Morgan fingerprint density at radius 3 is 2.74 bits per heavy atom. The fraction of sp³-hybridized carbons (Fsp3) is 0.368. The molecule has 0 unspecified atom stereocenters. The molecule has 1 fully saturated rings. The van der Waals surface area contributed by atoms with Gasteiger partial charge in [0, 0.05) is 0 Å². The fourth-order valence-corrected chi connectivity index (χ4v) is 3.81. The summed E-state index contributed by atoms with van der Waals surface area (Å²) in [6, 6.07) is 8.06. The summed E-state index contributed by atoms with van der Waals surface area (Å²) in [6.07, 6.45) is 0. The first-order chi connectivity index (χ1) is 13.1. The van der Waals surface area contributed by atoms with Crippen molar-refractivity contribution in [3.63, 3.8) is 0 Å². The molecule has 0 radical (unpaired) electrons. The minimum absolute atomic E-state index is 0.00376. The second-order valence-electron chi connectivity index (χ2n) is 6.42. The van der Waals surface area contributed by atoms with Gasteiger partial charge in [-0.1, -0.05) is 6.07 Å². The van der Waals surface area contributed by atoms with Gasteiger partial charge in [0.2, 0.25) is 5.91 Å². The number of piperazine rings is 1. The predicted molar refractivity (Wildman–Crippen MR) is 101 cm³/mol. The largest absolute Gasteiger partial charge is 0.496 e. The van der Waals surface area contributed by atoms with Gasteiger partial charge in [-0.15, -0.1) is 11.3 Å². The number of halogens is 1. The Morgan fingerprint density at radius 1 is 1.30 bits per heavy atom. The van der Waals surface area contributed by atoms with Crippen molar-refractivity contribution in [3.8, 4) is 5.75 Å². The number of nitrogens with zero attached hydrogens (tertiary/aromatic N) is 1. The molecule has 1 saturated heterocycles. The zero-order valence-corrected chi connectivity index (χ0v) is 16.0. The minimum Gasteiger partial charge on any atom is -0.496 e. The Kier molecular flexibility index (Phi) is 6.41. The van der Waals surface area contributed by atoms with Crippen LogP contribution in [0.4, 0.5) is 4.39 Å². The first kappa shape index (κ1) is 19.3. The first-order valence-corrected chi connectivity index (χ1v) is 9.70. The van der Waals surface area contributed by atoms with Crippen LogP contribution in [0.15, 0.2) is 35.7 Å². The van der Waals surface area contributed by atoms with E-state index in [0.717, 1.165) is 18.7 Å². The van der Waals surface area contributed by atoms with Crippen LogP contribution in [0, 0.1) is 5.82 Å². The average Bonchev–Trinajstić information content (AvgIpc) is 3.21. The van der Waals surface area contributed by atoms with E-state index in [4.69, 9.17) is 4.74 Å². The van der Waals surface area contributed by atoms with Crippen LogP contribution in [-0.4, -0.2) is 56.5 Å². The number of rotatable bonds is 6. The summed E-state index contributed by atoms with van der Waals surface area (Å²) < 4.78 is 18.8. The second kappa shape index (κ2) is 8.96. The number of benzene rings is 1. The van der Waals surface area contributed by atoms with Crippen molar-refractivity contribution in [2.24, 2.45) is 0 Å². The highest BCUT2D eigenvalue weighted by Gasteiger charge is 2.25. The third-order valence-corrected chi connectivity index (χ3v) is 5.52. The van der Waals surface area contributed by atoms with Crippen molar-refractivity contribution in [2.45, 2.75) is 6.54 Å². The fourth-order valence-electron chi connectivity index (χ4n) is 3.17. The molecule has 0 atom stereocenters. The van der Waals surface area contributed by atoms with E-state index in [2.05, 4.69) is 5.32 Å². The van der Waals surface area contributed by atoms with Gasteiger partial charge in [0.25, 0.3) is 5.91 Å². The molecule has 1 aromatic carbocycles. The highest BCUT2D eigenvalue weighted by Crippen LogP contribution is 2.18. The lowest BCUT2D eigenvalue weighted by molar-refractivity contribution is -0.917. The SMILES string of the molecule is COc1ccc(F)cc1C[NH+]1CCN(C(=O)CNC(=O)c2cccs2)CC1. The quantitative estimate of drug-likeness (QED) is 0.755. The summed E-state index contributed by atoms with van der Waals surface area (Å²) >= 11 is 1.35. The van der Waals surface area contributed by atoms with Gasteiger partial charge < -0.3 is 19.9 Å². The maximum absolute atomic E-state index is 13.5. The molecule has 8 heteroatoms. The third kappa shape index (κ3) is 5.05. The number of hydrogen-bond donors (Lipinski definition) is 2. The smallest absolute Gasteiger partial charge is 0.261 e. The molecule has 0 spiro atoms. The zero-order chi connectivity index (χ0) is 19.2. The molecule has 2 N–H and O–H groups in total. The normalized spacial score (nSPS) is 14.8. The topological polar surface area (TPSA) is 63.1 Å². The van der Waals surface area contributed by atoms with Crippen LogP contribution in [0.2, 0.25) is 0 Å². The monoisotopic (exact) mass is 392 g/mol. The molecule has 0 aliphatic carbocycles. The number of hydrogen-bond acceptors (Lipinski definition) is 4. The Hall–Kier alpha value is -2.45. The summed E-state index contributed by atoms with van der Waals surface area (Å²) in [6.45, 7) is 3.41. The maximum Gasteiger partial charge on any atom is 0.261 e. The van der Waals surface area contributed by atoms with Crippen molar-refractivity contribution in [1.29, 1.82) is 0 Å². The molecule has 0 saturated carbocycles. The highest BCUT2D eigenvalue weighted by molar-refractivity contribution is 7.12. The molecule has 6 nitrogen and oxygen atoms in total. The maximum atomic E-state index is 13.5. The summed E-state index contributed by atoms with van der Waals surface area (Å²) in [5, 5.41) is 4.50. The average molecular weight is 392 g/mol. The highest BCUT2D eigenvalue weighted by atomic mass is 32.1. The summed E-state index contributed by atoms with van der Waals surface area (Å²) in [7, 11) is 1.58. The van der Waals surface area contributed by atoms with E-state index in [1.54, 1.807) is 30.2 Å². The van der Waals surface area contributed by atoms with Crippen LogP contribution in [0.3, 0.4) is 0 Å². The number of ether oxygens (including phenoxy) is 1. The predicted octanol–water partition coefficient (Wildman–Crippen LogP) is 0.553. The van der Waals surface area contributed by atoms with Crippen molar-refractivity contribution < 1.29 is 23.6 Å². The molecule has 144 valence electrons. The second-order valence-corrected chi connectivity index (χ2v) is 7.37. The lowest BCUT2D eigenvalue weighted by atomic mass is 10.1. The van der Waals surface area contributed by atoms with E-state index in [-0.39, 0.29) is 24.2 Å². The lowest BCUT2D eigenvalue weighted by Gasteiger charge is -2.32. The van der Waals surface area contributed by atoms with Gasteiger partial charge in [-0.3, -0.25) is 9.59 Å². The lowest BCUT2D eigenvalue weighted by Crippen LogP contribution is -3.13. The molecule has 2 amide bonds. The zero-order valence-electron chi connectivity index (χ0n) is 15.2. The van der Waals surface area contributed by atoms with Gasteiger partial charge in [-0.2, -0.15) is 0 Å². The van der Waals surface area contributed by atoms with Crippen molar-refractivity contribution in [1.82, 2.24) is 10.2 Å². The number of thiophene rings is 1. The Labute approximate surface area is 161 Å². The van der Waals surface area contributed by atoms with E-state index in [0.29, 0.717) is 30.3 Å². The summed E-state index contributed by atoms with van der Waals surface area (Å²) in [5.74, 6) is 0.0993.